The van der Waals surface area contributed by atoms with E-state index < -0.39 is 15.9 Å². The van der Waals surface area contributed by atoms with Crippen LogP contribution in [-0.4, -0.2) is 36.6 Å². The minimum absolute atomic E-state index is 0.0960. The average molecular weight is 378 g/mol. The molecule has 0 saturated heterocycles. The first-order chi connectivity index (χ1) is 12.2. The van der Waals surface area contributed by atoms with Crippen molar-refractivity contribution in [2.24, 2.45) is 0 Å². The van der Waals surface area contributed by atoms with Gasteiger partial charge in [-0.05, 0) is 32.4 Å². The summed E-state index contributed by atoms with van der Waals surface area (Å²) in [5, 5.41) is 6.74. The Morgan fingerprint density at radius 3 is 2.77 bits per heavy atom. The van der Waals surface area contributed by atoms with Gasteiger partial charge in [-0.1, -0.05) is 0 Å². The van der Waals surface area contributed by atoms with Gasteiger partial charge in [-0.25, -0.2) is 13.1 Å². The van der Waals surface area contributed by atoms with Gasteiger partial charge in [-0.3, -0.25) is 14.3 Å². The van der Waals surface area contributed by atoms with E-state index in [0.29, 0.717) is 23.5 Å². The number of ether oxygens (including phenoxy) is 1. The Morgan fingerprint density at radius 1 is 1.38 bits per heavy atom. The highest BCUT2D eigenvalue weighted by molar-refractivity contribution is 7.90. The van der Waals surface area contributed by atoms with Crippen molar-refractivity contribution in [3.05, 3.63) is 35.2 Å². The van der Waals surface area contributed by atoms with E-state index >= 15 is 0 Å². The molecule has 26 heavy (non-hydrogen) atoms. The summed E-state index contributed by atoms with van der Waals surface area (Å²) in [5.74, 6) is -0.837. The van der Waals surface area contributed by atoms with Gasteiger partial charge in [-0.2, -0.15) is 5.10 Å². The number of sulfonamides is 1. The summed E-state index contributed by atoms with van der Waals surface area (Å²) < 4.78 is 34.2. The van der Waals surface area contributed by atoms with Crippen molar-refractivity contribution >= 4 is 27.5 Å². The van der Waals surface area contributed by atoms with Crippen molar-refractivity contribution in [1.29, 1.82) is 0 Å². The van der Waals surface area contributed by atoms with E-state index in [1.54, 1.807) is 18.5 Å². The van der Waals surface area contributed by atoms with Gasteiger partial charge in [0.1, 0.15) is 5.75 Å². The normalized spacial score (nSPS) is 13.6. The van der Waals surface area contributed by atoms with Crippen molar-refractivity contribution < 1.29 is 22.7 Å². The van der Waals surface area contributed by atoms with Crippen molar-refractivity contribution in [1.82, 2.24) is 14.5 Å². The Balaban J connectivity index is 1.92. The first-order valence-electron chi connectivity index (χ1n) is 7.89. The van der Waals surface area contributed by atoms with Gasteiger partial charge in [0.05, 0.1) is 21.8 Å². The van der Waals surface area contributed by atoms with E-state index in [-0.39, 0.29) is 28.7 Å². The summed E-state index contributed by atoms with van der Waals surface area (Å²) in [6, 6.07) is 2.79. The number of amides is 2. The molecule has 2 heterocycles. The number of aromatic nitrogens is 2. The Kier molecular flexibility index (Phi) is 4.45. The molecule has 1 aromatic carbocycles. The highest BCUT2D eigenvalue weighted by atomic mass is 32.2. The number of carbonyl (C=O) groups excluding carboxylic acids is 2. The number of anilines is 1. The fourth-order valence-electron chi connectivity index (χ4n) is 2.64. The SMILES string of the molecule is CCn1cc(C(=O)NS(=O)(=O)c2cc3c(cc2C)NC(=O)CO3)c(C)n1. The van der Waals surface area contributed by atoms with Gasteiger partial charge in [0.2, 0.25) is 0 Å². The summed E-state index contributed by atoms with van der Waals surface area (Å²) in [6.45, 7) is 5.43. The van der Waals surface area contributed by atoms with Crippen LogP contribution in [0.5, 0.6) is 5.75 Å². The minimum Gasteiger partial charge on any atom is -0.482 e. The molecule has 10 heteroatoms. The molecule has 0 fully saturated rings. The van der Waals surface area contributed by atoms with E-state index in [2.05, 4.69) is 15.1 Å². The summed E-state index contributed by atoms with van der Waals surface area (Å²) in [6.07, 6.45) is 1.50. The van der Waals surface area contributed by atoms with Crippen LogP contribution in [0.3, 0.4) is 0 Å². The molecule has 3 rings (SSSR count). The number of nitrogens with one attached hydrogen (secondary N) is 2. The van der Waals surface area contributed by atoms with Gasteiger partial charge >= 0.3 is 0 Å². The monoisotopic (exact) mass is 378 g/mol. The van der Waals surface area contributed by atoms with Gasteiger partial charge in [0.25, 0.3) is 21.8 Å². The van der Waals surface area contributed by atoms with Crippen LogP contribution in [0, 0.1) is 13.8 Å². The second-order valence-corrected chi connectivity index (χ2v) is 7.52. The number of carbonyl (C=O) groups is 2. The standard InChI is InChI=1S/C16H18N4O5S/c1-4-20-7-11(10(3)18-20)16(22)19-26(23,24)14-6-13-12(5-9(14)2)17-15(21)8-25-13/h5-7H,4,8H2,1-3H3,(H,17,21)(H,19,22). The Hall–Kier alpha value is -2.88. The second kappa shape index (κ2) is 6.45. The lowest BCUT2D eigenvalue weighted by Crippen LogP contribution is -2.32. The average Bonchev–Trinajstić information content (AvgIpc) is 2.94. The predicted octanol–water partition coefficient (Wildman–Crippen LogP) is 0.969. The minimum atomic E-state index is -4.13. The molecule has 0 atom stereocenters. The number of fused-ring (bicyclic) bond motifs is 1. The third-order valence-electron chi connectivity index (χ3n) is 3.94. The number of aryl methyl sites for hydroxylation is 3. The molecule has 2 N–H and O–H groups in total. The van der Waals surface area contributed by atoms with Crippen molar-refractivity contribution in [2.45, 2.75) is 32.2 Å². The molecule has 138 valence electrons. The van der Waals surface area contributed by atoms with Crippen LogP contribution in [0.1, 0.15) is 28.5 Å². The number of rotatable bonds is 4. The lowest BCUT2D eigenvalue weighted by Gasteiger charge is -2.20. The van der Waals surface area contributed by atoms with Gasteiger partial charge in [0.15, 0.2) is 6.61 Å². The molecule has 2 aromatic rings. The Labute approximate surface area is 150 Å². The third-order valence-corrected chi connectivity index (χ3v) is 5.41. The topological polar surface area (TPSA) is 119 Å². The zero-order valence-corrected chi connectivity index (χ0v) is 15.3. The Morgan fingerprint density at radius 2 is 2.12 bits per heavy atom. The van der Waals surface area contributed by atoms with Crippen molar-refractivity contribution in [3.63, 3.8) is 0 Å². The second-order valence-electron chi connectivity index (χ2n) is 5.87. The number of hydrogen-bond donors (Lipinski definition) is 2. The van der Waals surface area contributed by atoms with Crippen LogP contribution in [0.4, 0.5) is 5.69 Å². The lowest BCUT2D eigenvalue weighted by atomic mass is 10.2. The van der Waals surface area contributed by atoms with Gasteiger partial charge in [0, 0.05) is 18.8 Å². The zero-order chi connectivity index (χ0) is 19.1. The largest absolute Gasteiger partial charge is 0.482 e. The number of benzene rings is 1. The number of nitrogens with zero attached hydrogens (tertiary/aromatic N) is 2. The Bertz CT molecular complexity index is 1010. The molecular formula is C16H18N4O5S. The molecule has 0 saturated carbocycles. The maximum atomic E-state index is 12.7. The molecule has 9 nitrogen and oxygen atoms in total. The van der Waals surface area contributed by atoms with Gasteiger partial charge in [-0.15, -0.1) is 0 Å². The van der Waals surface area contributed by atoms with Crippen LogP contribution < -0.4 is 14.8 Å². The predicted molar refractivity (Wildman–Crippen MR) is 92.6 cm³/mol. The molecule has 0 radical (unpaired) electrons. The first kappa shape index (κ1) is 17.9. The maximum absolute atomic E-state index is 12.7. The van der Waals surface area contributed by atoms with E-state index in [4.69, 9.17) is 4.74 Å². The molecule has 1 aromatic heterocycles. The highest BCUT2D eigenvalue weighted by Gasteiger charge is 2.26. The zero-order valence-electron chi connectivity index (χ0n) is 14.5. The first-order valence-corrected chi connectivity index (χ1v) is 9.38. The number of hydrogen-bond acceptors (Lipinski definition) is 6. The van der Waals surface area contributed by atoms with E-state index in [1.165, 1.54) is 18.3 Å². The van der Waals surface area contributed by atoms with Crippen LogP contribution in [0.15, 0.2) is 23.2 Å². The van der Waals surface area contributed by atoms with E-state index in [0.717, 1.165) is 0 Å². The molecule has 2 amide bonds. The summed E-state index contributed by atoms with van der Waals surface area (Å²) in [7, 11) is -4.13. The fraction of sp³-hybridized carbons (Fsp3) is 0.312. The smallest absolute Gasteiger partial charge is 0.268 e. The molecular weight excluding hydrogens is 360 g/mol. The summed E-state index contributed by atoms with van der Waals surface area (Å²) in [4.78, 5) is 23.7. The molecule has 0 spiro atoms. The van der Waals surface area contributed by atoms with Gasteiger partial charge < -0.3 is 10.1 Å². The molecule has 0 aliphatic carbocycles. The molecule has 1 aliphatic heterocycles. The van der Waals surface area contributed by atoms with Crippen LogP contribution >= 0.6 is 0 Å². The van der Waals surface area contributed by atoms with Crippen molar-refractivity contribution in [3.8, 4) is 5.75 Å². The van der Waals surface area contributed by atoms with Crippen molar-refractivity contribution in [2.75, 3.05) is 11.9 Å². The fourth-order valence-corrected chi connectivity index (χ4v) is 3.85. The lowest BCUT2D eigenvalue weighted by molar-refractivity contribution is -0.118. The molecule has 0 unspecified atom stereocenters. The molecule has 0 bridgehead atoms. The van der Waals surface area contributed by atoms with E-state index in [9.17, 15) is 18.0 Å². The molecule has 1 aliphatic rings. The highest BCUT2D eigenvalue weighted by Crippen LogP contribution is 2.32. The third kappa shape index (κ3) is 3.27. The van der Waals surface area contributed by atoms with Crippen LogP contribution in [0.25, 0.3) is 0 Å². The maximum Gasteiger partial charge on any atom is 0.268 e. The summed E-state index contributed by atoms with van der Waals surface area (Å²) in [5.41, 5.74) is 1.39. The van der Waals surface area contributed by atoms with E-state index in [1.807, 2.05) is 6.92 Å². The van der Waals surface area contributed by atoms with Crippen LogP contribution in [-0.2, 0) is 21.4 Å². The van der Waals surface area contributed by atoms with Crippen LogP contribution in [0.2, 0.25) is 0 Å². The summed E-state index contributed by atoms with van der Waals surface area (Å²) >= 11 is 0. The quantitative estimate of drug-likeness (QED) is 0.818.